The molecule has 1 aliphatic heterocycles. The van der Waals surface area contributed by atoms with E-state index in [0.29, 0.717) is 6.54 Å². The van der Waals surface area contributed by atoms with Crippen molar-refractivity contribution in [2.24, 2.45) is 0 Å². The van der Waals surface area contributed by atoms with E-state index in [1.54, 1.807) is 23.7 Å². The first-order valence-electron chi connectivity index (χ1n) is 11.3. The summed E-state index contributed by atoms with van der Waals surface area (Å²) >= 11 is 1.76. The average Bonchev–Trinajstić information content (AvgIpc) is 3.54. The second kappa shape index (κ2) is 9.37. The molecule has 0 bridgehead atoms. The third-order valence-electron chi connectivity index (χ3n) is 6.29. The van der Waals surface area contributed by atoms with Crippen molar-refractivity contribution in [1.82, 2.24) is 19.4 Å². The lowest BCUT2D eigenvalue weighted by Gasteiger charge is -2.33. The van der Waals surface area contributed by atoms with Crippen LogP contribution in [0.4, 0.5) is 0 Å². The van der Waals surface area contributed by atoms with Crippen LogP contribution in [0.25, 0.3) is 16.3 Å². The highest BCUT2D eigenvalue weighted by molar-refractivity contribution is 7.18. The van der Waals surface area contributed by atoms with Gasteiger partial charge in [0, 0.05) is 43.6 Å². The van der Waals surface area contributed by atoms with E-state index in [4.69, 9.17) is 9.40 Å². The van der Waals surface area contributed by atoms with Gasteiger partial charge in [0.15, 0.2) is 0 Å². The molecule has 1 fully saturated rings. The first-order valence-corrected chi connectivity index (χ1v) is 12.1. The maximum absolute atomic E-state index is 12.8. The smallest absolute Gasteiger partial charge is 0.246 e. The van der Waals surface area contributed by atoms with Crippen LogP contribution >= 0.6 is 11.3 Å². The Morgan fingerprint density at radius 3 is 2.67 bits per heavy atom. The van der Waals surface area contributed by atoms with Gasteiger partial charge in [-0.2, -0.15) is 0 Å². The molecule has 5 rings (SSSR count). The predicted molar refractivity (Wildman–Crippen MR) is 132 cm³/mol. The second-order valence-electron chi connectivity index (χ2n) is 8.50. The molecule has 4 aromatic rings. The molecule has 4 heterocycles. The Kier molecular flexibility index (Phi) is 6.15. The Morgan fingerprint density at radius 2 is 1.91 bits per heavy atom. The molecule has 0 spiro atoms. The molecule has 7 heteroatoms. The van der Waals surface area contributed by atoms with Crippen molar-refractivity contribution < 1.29 is 9.21 Å². The molecule has 0 atom stereocenters. The first-order chi connectivity index (χ1) is 16.1. The Hall–Kier alpha value is -3.16. The fraction of sp³-hybridized carbons (Fsp3) is 0.308. The summed E-state index contributed by atoms with van der Waals surface area (Å²) in [5, 5.41) is 1.14. The Balaban J connectivity index is 1.16. The SMILES string of the molecule is Cc1cc(/C=C/C(=O)N2CCN(Cc3nc4ccccc4s3)CC2)c(C)n1Cc1ccco1. The van der Waals surface area contributed by atoms with Gasteiger partial charge in [0.1, 0.15) is 10.8 Å². The molecule has 1 aliphatic rings. The lowest BCUT2D eigenvalue weighted by molar-refractivity contribution is -0.127. The van der Waals surface area contributed by atoms with Crippen LogP contribution in [0.2, 0.25) is 0 Å². The van der Waals surface area contributed by atoms with Crippen LogP contribution in [-0.2, 0) is 17.9 Å². The highest BCUT2D eigenvalue weighted by Crippen LogP contribution is 2.23. The van der Waals surface area contributed by atoms with Gasteiger partial charge in [0.05, 0.1) is 29.6 Å². The number of carbonyl (C=O) groups excluding carboxylic acids is 1. The Bertz CT molecular complexity index is 1240. The van der Waals surface area contributed by atoms with Gasteiger partial charge < -0.3 is 13.9 Å². The number of amides is 1. The van der Waals surface area contributed by atoms with Crippen LogP contribution in [-0.4, -0.2) is 51.4 Å². The summed E-state index contributed by atoms with van der Waals surface area (Å²) in [5.41, 5.74) is 4.43. The van der Waals surface area contributed by atoms with Gasteiger partial charge in [-0.15, -0.1) is 11.3 Å². The summed E-state index contributed by atoms with van der Waals surface area (Å²) in [7, 11) is 0. The lowest BCUT2D eigenvalue weighted by Crippen LogP contribution is -2.47. The molecular weight excluding hydrogens is 432 g/mol. The molecule has 1 amide bonds. The van der Waals surface area contributed by atoms with Gasteiger partial charge in [-0.1, -0.05) is 12.1 Å². The minimum absolute atomic E-state index is 0.0745. The van der Waals surface area contributed by atoms with E-state index in [-0.39, 0.29) is 5.91 Å². The predicted octanol–water partition coefficient (Wildman–Crippen LogP) is 4.71. The highest BCUT2D eigenvalue weighted by Gasteiger charge is 2.21. The molecular formula is C26H28N4O2S. The average molecular weight is 461 g/mol. The number of furan rings is 1. The van der Waals surface area contributed by atoms with E-state index in [0.717, 1.165) is 66.0 Å². The quantitative estimate of drug-likeness (QED) is 0.391. The van der Waals surface area contributed by atoms with Gasteiger partial charge >= 0.3 is 0 Å². The minimum Gasteiger partial charge on any atom is -0.467 e. The van der Waals surface area contributed by atoms with Crippen molar-refractivity contribution in [3.8, 4) is 0 Å². The molecule has 6 nitrogen and oxygen atoms in total. The van der Waals surface area contributed by atoms with Crippen molar-refractivity contribution in [3.63, 3.8) is 0 Å². The Morgan fingerprint density at radius 1 is 1.09 bits per heavy atom. The maximum Gasteiger partial charge on any atom is 0.246 e. The third kappa shape index (κ3) is 4.79. The van der Waals surface area contributed by atoms with Crippen LogP contribution in [0.3, 0.4) is 0 Å². The number of hydrogen-bond acceptors (Lipinski definition) is 5. The van der Waals surface area contributed by atoms with E-state index >= 15 is 0 Å². The summed E-state index contributed by atoms with van der Waals surface area (Å²) in [5.74, 6) is 0.998. The molecule has 0 N–H and O–H groups in total. The second-order valence-corrected chi connectivity index (χ2v) is 9.62. The summed E-state index contributed by atoms with van der Waals surface area (Å²) in [4.78, 5) is 21.9. The van der Waals surface area contributed by atoms with Crippen LogP contribution in [0.5, 0.6) is 0 Å². The molecule has 170 valence electrons. The largest absolute Gasteiger partial charge is 0.467 e. The number of benzene rings is 1. The molecule has 0 saturated carbocycles. The van der Waals surface area contributed by atoms with Crippen molar-refractivity contribution >= 4 is 33.5 Å². The molecule has 1 saturated heterocycles. The summed E-state index contributed by atoms with van der Waals surface area (Å²) in [6.45, 7) is 8.93. The van der Waals surface area contributed by atoms with Gasteiger partial charge in [-0.05, 0) is 55.8 Å². The van der Waals surface area contributed by atoms with E-state index < -0.39 is 0 Å². The van der Waals surface area contributed by atoms with Crippen LogP contribution < -0.4 is 0 Å². The molecule has 0 aliphatic carbocycles. The third-order valence-corrected chi connectivity index (χ3v) is 7.31. The number of para-hydroxylation sites is 1. The van der Waals surface area contributed by atoms with E-state index in [9.17, 15) is 4.79 Å². The zero-order chi connectivity index (χ0) is 22.8. The fourth-order valence-electron chi connectivity index (χ4n) is 4.37. The maximum atomic E-state index is 12.8. The number of piperazine rings is 1. The van der Waals surface area contributed by atoms with Crippen LogP contribution in [0, 0.1) is 13.8 Å². The van der Waals surface area contributed by atoms with Gasteiger partial charge in [-0.25, -0.2) is 4.98 Å². The number of thiazole rings is 1. The normalized spacial score (nSPS) is 15.2. The van der Waals surface area contributed by atoms with Crippen molar-refractivity contribution in [2.75, 3.05) is 26.2 Å². The summed E-state index contributed by atoms with van der Waals surface area (Å²) in [6.07, 6.45) is 5.35. The van der Waals surface area contributed by atoms with E-state index in [2.05, 4.69) is 47.6 Å². The van der Waals surface area contributed by atoms with Crippen molar-refractivity contribution in [3.05, 3.63) is 82.5 Å². The molecule has 0 unspecified atom stereocenters. The number of aryl methyl sites for hydroxylation is 1. The van der Waals surface area contributed by atoms with Crippen LogP contribution in [0.1, 0.15) is 27.7 Å². The monoisotopic (exact) mass is 460 g/mol. The molecule has 3 aromatic heterocycles. The van der Waals surface area contributed by atoms with E-state index in [1.165, 1.54) is 4.70 Å². The number of hydrogen-bond donors (Lipinski definition) is 0. The number of carbonyl (C=O) groups is 1. The van der Waals surface area contributed by atoms with Crippen molar-refractivity contribution in [1.29, 1.82) is 0 Å². The standard InChI is InChI=1S/C26H28N4O2S/c1-19-16-21(20(2)30(19)17-22-6-5-15-32-22)9-10-26(31)29-13-11-28(12-14-29)18-25-27-23-7-3-4-8-24(23)33-25/h3-10,15-16H,11-14,17-18H2,1-2H3/b10-9+. The molecule has 0 radical (unpaired) electrons. The number of rotatable bonds is 6. The molecule has 1 aromatic carbocycles. The zero-order valence-corrected chi connectivity index (χ0v) is 19.8. The Labute approximate surface area is 197 Å². The van der Waals surface area contributed by atoms with Gasteiger partial charge in [0.2, 0.25) is 5.91 Å². The first kappa shape index (κ1) is 21.7. The minimum atomic E-state index is 0.0745. The number of aromatic nitrogens is 2. The highest BCUT2D eigenvalue weighted by atomic mass is 32.1. The topological polar surface area (TPSA) is 54.5 Å². The summed E-state index contributed by atoms with van der Waals surface area (Å²) in [6, 6.07) is 14.3. The number of fused-ring (bicyclic) bond motifs is 1. The number of nitrogens with zero attached hydrogens (tertiary/aromatic N) is 4. The van der Waals surface area contributed by atoms with Gasteiger partial charge in [-0.3, -0.25) is 9.69 Å². The lowest BCUT2D eigenvalue weighted by atomic mass is 10.2. The fourth-order valence-corrected chi connectivity index (χ4v) is 5.38. The van der Waals surface area contributed by atoms with Crippen LogP contribution in [0.15, 0.2) is 59.2 Å². The summed E-state index contributed by atoms with van der Waals surface area (Å²) < 4.78 is 8.93. The zero-order valence-electron chi connectivity index (χ0n) is 19.0. The van der Waals surface area contributed by atoms with Crippen molar-refractivity contribution in [2.45, 2.75) is 26.9 Å². The molecule has 33 heavy (non-hydrogen) atoms. The van der Waals surface area contributed by atoms with Gasteiger partial charge in [0.25, 0.3) is 0 Å². The van der Waals surface area contributed by atoms with E-state index in [1.807, 2.05) is 29.2 Å².